The lowest BCUT2D eigenvalue weighted by Crippen LogP contribution is -2.47. The molecule has 0 N–H and O–H groups in total. The Balaban J connectivity index is 2.73. The zero-order valence-electron chi connectivity index (χ0n) is 14.0. The molecule has 1 heterocycles. The Kier molecular flexibility index (Phi) is 5.81. The SMILES string of the molecule is CCOC(=O)[C@@H](C)[C@H]1OCC[C@@H]1O[Si](C)(C)C(C)(C)C. The van der Waals surface area contributed by atoms with E-state index in [-0.39, 0.29) is 29.1 Å². The van der Waals surface area contributed by atoms with Crippen LogP contribution < -0.4 is 0 Å². The highest BCUT2D eigenvalue weighted by atomic mass is 28.4. The zero-order chi connectivity index (χ0) is 15.6. The van der Waals surface area contributed by atoms with E-state index in [1.165, 1.54) is 0 Å². The molecule has 0 aromatic heterocycles. The zero-order valence-corrected chi connectivity index (χ0v) is 15.0. The van der Waals surface area contributed by atoms with Gasteiger partial charge in [0.25, 0.3) is 0 Å². The molecule has 5 heteroatoms. The van der Waals surface area contributed by atoms with Gasteiger partial charge in [-0.15, -0.1) is 0 Å². The van der Waals surface area contributed by atoms with Gasteiger partial charge in [-0.25, -0.2) is 0 Å². The van der Waals surface area contributed by atoms with Crippen molar-refractivity contribution in [3.63, 3.8) is 0 Å². The summed E-state index contributed by atoms with van der Waals surface area (Å²) in [6.07, 6.45) is 0.694. The molecule has 0 aromatic carbocycles. The van der Waals surface area contributed by atoms with Crippen molar-refractivity contribution in [3.8, 4) is 0 Å². The minimum absolute atomic E-state index is 0.00953. The monoisotopic (exact) mass is 302 g/mol. The second kappa shape index (κ2) is 6.58. The summed E-state index contributed by atoms with van der Waals surface area (Å²) in [6, 6.07) is 0. The molecule has 1 fully saturated rings. The van der Waals surface area contributed by atoms with Crippen molar-refractivity contribution in [2.45, 2.75) is 71.4 Å². The van der Waals surface area contributed by atoms with Crippen molar-refractivity contribution in [2.24, 2.45) is 5.92 Å². The fourth-order valence-corrected chi connectivity index (χ4v) is 3.51. The second-order valence-electron chi connectivity index (χ2n) is 7.08. The molecule has 20 heavy (non-hydrogen) atoms. The first-order valence-electron chi connectivity index (χ1n) is 7.56. The summed E-state index contributed by atoms with van der Waals surface area (Å²) in [5, 5.41) is 0.160. The van der Waals surface area contributed by atoms with E-state index in [2.05, 4.69) is 33.9 Å². The number of esters is 1. The van der Waals surface area contributed by atoms with Crippen LogP contribution in [0.1, 0.15) is 41.0 Å². The van der Waals surface area contributed by atoms with Gasteiger partial charge >= 0.3 is 5.97 Å². The quantitative estimate of drug-likeness (QED) is 0.577. The van der Waals surface area contributed by atoms with Gasteiger partial charge in [0.2, 0.25) is 0 Å². The second-order valence-corrected chi connectivity index (χ2v) is 11.8. The van der Waals surface area contributed by atoms with E-state index in [0.717, 1.165) is 6.42 Å². The van der Waals surface area contributed by atoms with Crippen LogP contribution in [0.3, 0.4) is 0 Å². The third-order valence-electron chi connectivity index (χ3n) is 4.48. The van der Waals surface area contributed by atoms with Crippen molar-refractivity contribution in [2.75, 3.05) is 13.2 Å². The van der Waals surface area contributed by atoms with Crippen LogP contribution in [0.25, 0.3) is 0 Å². The molecule has 0 aliphatic carbocycles. The van der Waals surface area contributed by atoms with Gasteiger partial charge in [-0.3, -0.25) is 4.79 Å². The Labute approximate surface area is 124 Å². The molecule has 1 rings (SSSR count). The molecule has 0 bridgehead atoms. The van der Waals surface area contributed by atoms with E-state index in [9.17, 15) is 4.79 Å². The third-order valence-corrected chi connectivity index (χ3v) is 8.99. The van der Waals surface area contributed by atoms with Crippen molar-refractivity contribution in [3.05, 3.63) is 0 Å². The molecule has 0 aromatic rings. The summed E-state index contributed by atoms with van der Waals surface area (Å²) in [4.78, 5) is 11.9. The Bertz CT molecular complexity index is 335. The summed E-state index contributed by atoms with van der Waals surface area (Å²) in [7, 11) is -1.84. The molecular weight excluding hydrogens is 272 g/mol. The summed E-state index contributed by atoms with van der Waals surface area (Å²) in [5.41, 5.74) is 0. The summed E-state index contributed by atoms with van der Waals surface area (Å²) in [6.45, 7) is 15.9. The highest BCUT2D eigenvalue weighted by molar-refractivity contribution is 6.74. The fourth-order valence-electron chi connectivity index (χ4n) is 2.15. The van der Waals surface area contributed by atoms with Crippen molar-refractivity contribution in [1.29, 1.82) is 0 Å². The summed E-state index contributed by atoms with van der Waals surface area (Å²) in [5.74, 6) is -0.463. The molecule has 3 atom stereocenters. The van der Waals surface area contributed by atoms with Crippen LogP contribution in [-0.2, 0) is 18.7 Å². The van der Waals surface area contributed by atoms with E-state index < -0.39 is 8.32 Å². The Morgan fingerprint density at radius 1 is 1.40 bits per heavy atom. The van der Waals surface area contributed by atoms with Crippen molar-refractivity contribution in [1.82, 2.24) is 0 Å². The maximum Gasteiger partial charge on any atom is 0.311 e. The summed E-state index contributed by atoms with van der Waals surface area (Å²) >= 11 is 0. The fraction of sp³-hybridized carbons (Fsp3) is 0.933. The molecule has 118 valence electrons. The van der Waals surface area contributed by atoms with Crippen LogP contribution in [-0.4, -0.2) is 39.7 Å². The Morgan fingerprint density at radius 2 is 2.00 bits per heavy atom. The van der Waals surface area contributed by atoms with Gasteiger partial charge in [-0.1, -0.05) is 20.8 Å². The molecule has 1 aliphatic heterocycles. The highest BCUT2D eigenvalue weighted by Gasteiger charge is 2.44. The van der Waals surface area contributed by atoms with Gasteiger partial charge in [0.1, 0.15) is 0 Å². The van der Waals surface area contributed by atoms with E-state index in [4.69, 9.17) is 13.9 Å². The highest BCUT2D eigenvalue weighted by Crippen LogP contribution is 2.39. The molecule has 4 nitrogen and oxygen atoms in total. The summed E-state index contributed by atoms with van der Waals surface area (Å²) < 4.78 is 17.3. The predicted molar refractivity (Wildman–Crippen MR) is 82.2 cm³/mol. The molecule has 0 radical (unpaired) electrons. The standard InChI is InChI=1S/C15H30O4Si/c1-8-17-14(16)11(2)13-12(9-10-18-13)19-20(6,7)15(3,4)5/h11-13H,8-10H2,1-7H3/t11-,12-,13+/m0/s1. The minimum Gasteiger partial charge on any atom is -0.466 e. The molecule has 0 unspecified atom stereocenters. The molecule has 0 saturated carbocycles. The maximum atomic E-state index is 11.9. The van der Waals surface area contributed by atoms with Gasteiger partial charge in [-0.2, -0.15) is 0 Å². The van der Waals surface area contributed by atoms with Crippen LogP contribution in [0.15, 0.2) is 0 Å². The van der Waals surface area contributed by atoms with Crippen molar-refractivity contribution < 1.29 is 18.7 Å². The smallest absolute Gasteiger partial charge is 0.311 e. The van der Waals surface area contributed by atoms with E-state index in [0.29, 0.717) is 13.2 Å². The van der Waals surface area contributed by atoms with Gasteiger partial charge in [0, 0.05) is 6.61 Å². The predicted octanol–water partition coefficient (Wildman–Crippen LogP) is 3.36. The lowest BCUT2D eigenvalue weighted by atomic mass is 10.0. The average molecular weight is 302 g/mol. The molecule has 0 amide bonds. The van der Waals surface area contributed by atoms with Crippen LogP contribution >= 0.6 is 0 Å². The van der Waals surface area contributed by atoms with Gasteiger partial charge in [-0.05, 0) is 38.4 Å². The third kappa shape index (κ3) is 4.05. The minimum atomic E-state index is -1.84. The van der Waals surface area contributed by atoms with E-state index >= 15 is 0 Å². The van der Waals surface area contributed by atoms with E-state index in [1.807, 2.05) is 13.8 Å². The normalized spacial score (nSPS) is 25.6. The largest absolute Gasteiger partial charge is 0.466 e. The van der Waals surface area contributed by atoms with E-state index in [1.54, 1.807) is 0 Å². The molecular formula is C15H30O4Si. The molecule has 1 aliphatic rings. The maximum absolute atomic E-state index is 11.9. The van der Waals surface area contributed by atoms with Crippen LogP contribution in [0, 0.1) is 5.92 Å². The van der Waals surface area contributed by atoms with Gasteiger partial charge in [0.05, 0.1) is 24.7 Å². The number of hydrogen-bond donors (Lipinski definition) is 0. The molecule has 0 spiro atoms. The number of carbonyl (C=O) groups is 1. The van der Waals surface area contributed by atoms with Gasteiger partial charge in [0.15, 0.2) is 8.32 Å². The number of ether oxygens (including phenoxy) is 2. The van der Waals surface area contributed by atoms with Crippen LogP contribution in [0.5, 0.6) is 0 Å². The van der Waals surface area contributed by atoms with Crippen LogP contribution in [0.2, 0.25) is 18.1 Å². The first-order chi connectivity index (χ1) is 9.10. The lowest BCUT2D eigenvalue weighted by molar-refractivity contribution is -0.153. The Morgan fingerprint density at radius 3 is 2.50 bits per heavy atom. The van der Waals surface area contributed by atoms with Crippen LogP contribution in [0.4, 0.5) is 0 Å². The average Bonchev–Trinajstić information content (AvgIpc) is 2.74. The lowest BCUT2D eigenvalue weighted by Gasteiger charge is -2.40. The van der Waals surface area contributed by atoms with Crippen molar-refractivity contribution >= 4 is 14.3 Å². The van der Waals surface area contributed by atoms with Gasteiger partial charge < -0.3 is 13.9 Å². The number of hydrogen-bond acceptors (Lipinski definition) is 4. The first kappa shape index (κ1) is 17.7. The molecule has 1 saturated heterocycles. The first-order valence-corrected chi connectivity index (χ1v) is 10.5. The Hall–Kier alpha value is -0.393. The topological polar surface area (TPSA) is 44.8 Å². The number of rotatable bonds is 5. The number of carbonyl (C=O) groups excluding carboxylic acids is 1.